The summed E-state index contributed by atoms with van der Waals surface area (Å²) in [5, 5.41) is 6.56. The molecular formula is C18H21ClN2O3. The third-order valence-electron chi connectivity index (χ3n) is 3.38. The lowest BCUT2D eigenvalue weighted by molar-refractivity contribution is -0.119. The molecule has 0 aliphatic carbocycles. The van der Waals surface area contributed by atoms with Crippen LogP contribution in [0.3, 0.4) is 0 Å². The molecule has 6 heteroatoms. The fraction of sp³-hybridized carbons (Fsp3) is 0.278. The zero-order valence-corrected chi connectivity index (χ0v) is 14.5. The van der Waals surface area contributed by atoms with Crippen molar-refractivity contribution in [3.63, 3.8) is 0 Å². The number of halogens is 1. The smallest absolute Gasteiger partial charge is 0.239 e. The van der Waals surface area contributed by atoms with Crippen LogP contribution in [0.25, 0.3) is 0 Å². The number of benzene rings is 2. The van der Waals surface area contributed by atoms with Gasteiger partial charge in [0, 0.05) is 10.7 Å². The van der Waals surface area contributed by atoms with E-state index in [1.807, 2.05) is 43.3 Å². The number of hydrogen-bond donors (Lipinski definition) is 2. The first kappa shape index (κ1) is 17.9. The van der Waals surface area contributed by atoms with E-state index >= 15 is 0 Å². The van der Waals surface area contributed by atoms with E-state index in [1.165, 1.54) is 0 Å². The van der Waals surface area contributed by atoms with Crippen LogP contribution in [0.5, 0.6) is 11.5 Å². The second-order valence-electron chi connectivity index (χ2n) is 5.19. The number of aryl methyl sites for hydroxylation is 1. The van der Waals surface area contributed by atoms with E-state index in [0.29, 0.717) is 18.2 Å². The van der Waals surface area contributed by atoms with Crippen LogP contribution in [0.2, 0.25) is 5.02 Å². The monoisotopic (exact) mass is 348 g/mol. The van der Waals surface area contributed by atoms with Crippen LogP contribution in [0.1, 0.15) is 5.56 Å². The molecule has 0 aliphatic heterocycles. The van der Waals surface area contributed by atoms with E-state index in [1.54, 1.807) is 13.2 Å². The first-order valence-corrected chi connectivity index (χ1v) is 8.00. The lowest BCUT2D eigenvalue weighted by Gasteiger charge is -2.11. The Morgan fingerprint density at radius 1 is 1.12 bits per heavy atom. The Hall–Kier alpha value is -2.40. The second-order valence-corrected chi connectivity index (χ2v) is 5.62. The molecule has 1 amide bonds. The fourth-order valence-electron chi connectivity index (χ4n) is 2.09. The normalized spacial score (nSPS) is 10.1. The van der Waals surface area contributed by atoms with Crippen LogP contribution in [0.15, 0.2) is 42.5 Å². The van der Waals surface area contributed by atoms with Crippen LogP contribution >= 0.6 is 11.6 Å². The van der Waals surface area contributed by atoms with Gasteiger partial charge in [0.25, 0.3) is 0 Å². The summed E-state index contributed by atoms with van der Waals surface area (Å²) in [5.41, 5.74) is 1.89. The highest BCUT2D eigenvalue weighted by Crippen LogP contribution is 2.19. The molecule has 128 valence electrons. The van der Waals surface area contributed by atoms with Gasteiger partial charge in [0.05, 0.1) is 20.2 Å². The summed E-state index contributed by atoms with van der Waals surface area (Å²) in [5.74, 6) is 1.42. The highest BCUT2D eigenvalue weighted by molar-refractivity contribution is 6.30. The van der Waals surface area contributed by atoms with E-state index in [-0.39, 0.29) is 12.5 Å². The van der Waals surface area contributed by atoms with Crippen molar-refractivity contribution < 1.29 is 14.3 Å². The molecule has 24 heavy (non-hydrogen) atoms. The van der Waals surface area contributed by atoms with Crippen LogP contribution in [-0.2, 0) is 4.79 Å². The Kier molecular flexibility index (Phi) is 6.75. The minimum atomic E-state index is -0.0947. The average Bonchev–Trinajstić information content (AvgIpc) is 2.58. The minimum Gasteiger partial charge on any atom is -0.497 e. The maximum Gasteiger partial charge on any atom is 0.239 e. The van der Waals surface area contributed by atoms with Crippen LogP contribution in [0, 0.1) is 6.92 Å². The van der Waals surface area contributed by atoms with Gasteiger partial charge in [-0.1, -0.05) is 11.6 Å². The largest absolute Gasteiger partial charge is 0.497 e. The van der Waals surface area contributed by atoms with Gasteiger partial charge in [-0.3, -0.25) is 4.79 Å². The zero-order valence-electron chi connectivity index (χ0n) is 13.8. The molecule has 0 fully saturated rings. The zero-order chi connectivity index (χ0) is 17.4. The number of nitrogens with one attached hydrogen (secondary N) is 2. The Balaban J connectivity index is 1.65. The number of methoxy groups -OCH3 is 1. The lowest BCUT2D eigenvalue weighted by Crippen LogP contribution is -2.33. The van der Waals surface area contributed by atoms with Crippen molar-refractivity contribution in [2.75, 3.05) is 32.1 Å². The molecule has 0 unspecified atom stereocenters. The fourth-order valence-corrected chi connectivity index (χ4v) is 2.32. The van der Waals surface area contributed by atoms with Crippen molar-refractivity contribution in [3.05, 3.63) is 53.1 Å². The maximum absolute atomic E-state index is 11.8. The molecule has 2 aromatic carbocycles. The average molecular weight is 349 g/mol. The molecule has 0 spiro atoms. The number of rotatable bonds is 8. The number of carbonyl (C=O) groups excluding carboxylic acids is 1. The van der Waals surface area contributed by atoms with Gasteiger partial charge in [0.2, 0.25) is 5.91 Å². The Morgan fingerprint density at radius 2 is 1.83 bits per heavy atom. The summed E-state index contributed by atoms with van der Waals surface area (Å²) >= 11 is 5.90. The predicted octanol–water partition coefficient (Wildman–Crippen LogP) is 3.26. The topological polar surface area (TPSA) is 59.6 Å². The van der Waals surface area contributed by atoms with Crippen LogP contribution in [0.4, 0.5) is 5.69 Å². The first-order valence-electron chi connectivity index (χ1n) is 7.62. The van der Waals surface area contributed by atoms with Gasteiger partial charge in [0.15, 0.2) is 0 Å². The quantitative estimate of drug-likeness (QED) is 0.719. The Morgan fingerprint density at radius 3 is 2.50 bits per heavy atom. The summed E-state index contributed by atoms with van der Waals surface area (Å²) in [7, 11) is 1.62. The van der Waals surface area contributed by atoms with Crippen molar-refractivity contribution in [1.82, 2.24) is 5.32 Å². The molecule has 0 saturated heterocycles. The summed E-state index contributed by atoms with van der Waals surface area (Å²) in [4.78, 5) is 11.8. The number of anilines is 1. The number of ether oxygens (including phenoxy) is 2. The van der Waals surface area contributed by atoms with Gasteiger partial charge in [-0.2, -0.15) is 0 Å². The molecule has 0 heterocycles. The van der Waals surface area contributed by atoms with E-state index < -0.39 is 0 Å². The second kappa shape index (κ2) is 9.03. The third-order valence-corrected chi connectivity index (χ3v) is 3.62. The molecule has 5 nitrogen and oxygen atoms in total. The van der Waals surface area contributed by atoms with Crippen molar-refractivity contribution in [1.29, 1.82) is 0 Å². The molecule has 2 N–H and O–H groups in total. The van der Waals surface area contributed by atoms with Crippen molar-refractivity contribution in [2.24, 2.45) is 0 Å². The molecule has 0 aromatic heterocycles. The molecule has 0 radical (unpaired) electrons. The van der Waals surface area contributed by atoms with Gasteiger partial charge in [-0.05, 0) is 55.0 Å². The van der Waals surface area contributed by atoms with Gasteiger partial charge in [0.1, 0.15) is 18.1 Å². The number of carbonyl (C=O) groups is 1. The van der Waals surface area contributed by atoms with Gasteiger partial charge in [-0.25, -0.2) is 0 Å². The molecule has 0 bridgehead atoms. The molecule has 0 saturated carbocycles. The molecule has 0 atom stereocenters. The van der Waals surface area contributed by atoms with Gasteiger partial charge in [-0.15, -0.1) is 0 Å². The van der Waals surface area contributed by atoms with Gasteiger partial charge < -0.3 is 20.1 Å². The SMILES string of the molecule is COc1ccc(OCCNC(=O)CNc2ccc(Cl)cc2C)cc1. The van der Waals surface area contributed by atoms with E-state index in [0.717, 1.165) is 22.7 Å². The predicted molar refractivity (Wildman–Crippen MR) is 96.2 cm³/mol. The van der Waals surface area contributed by atoms with Crippen molar-refractivity contribution >= 4 is 23.2 Å². The molecule has 2 aromatic rings. The van der Waals surface area contributed by atoms with Crippen molar-refractivity contribution in [3.8, 4) is 11.5 Å². The standard InChI is InChI=1S/C18H21ClN2O3/c1-13-11-14(19)3-8-17(13)21-12-18(22)20-9-10-24-16-6-4-15(23-2)5-7-16/h3-8,11,21H,9-10,12H2,1-2H3,(H,20,22). The summed E-state index contributed by atoms with van der Waals surface area (Å²) in [6.07, 6.45) is 0. The molecular weight excluding hydrogens is 328 g/mol. The Labute approximate surface area is 146 Å². The highest BCUT2D eigenvalue weighted by atomic mass is 35.5. The first-order chi connectivity index (χ1) is 11.6. The molecule has 0 aliphatic rings. The lowest BCUT2D eigenvalue weighted by atomic mass is 10.2. The van der Waals surface area contributed by atoms with E-state index in [4.69, 9.17) is 21.1 Å². The van der Waals surface area contributed by atoms with Crippen LogP contribution in [-0.4, -0.2) is 32.7 Å². The third kappa shape index (κ3) is 5.66. The summed E-state index contributed by atoms with van der Waals surface area (Å²) in [6, 6.07) is 12.8. The summed E-state index contributed by atoms with van der Waals surface area (Å²) < 4.78 is 10.6. The number of amides is 1. The highest BCUT2D eigenvalue weighted by Gasteiger charge is 2.03. The molecule has 2 rings (SSSR count). The Bertz CT molecular complexity index is 674. The van der Waals surface area contributed by atoms with E-state index in [9.17, 15) is 4.79 Å². The van der Waals surface area contributed by atoms with E-state index in [2.05, 4.69) is 10.6 Å². The summed E-state index contributed by atoms with van der Waals surface area (Å²) in [6.45, 7) is 2.98. The van der Waals surface area contributed by atoms with Gasteiger partial charge >= 0.3 is 0 Å². The van der Waals surface area contributed by atoms with Crippen molar-refractivity contribution in [2.45, 2.75) is 6.92 Å². The number of hydrogen-bond acceptors (Lipinski definition) is 4. The van der Waals surface area contributed by atoms with Crippen LogP contribution < -0.4 is 20.1 Å². The maximum atomic E-state index is 11.8. The minimum absolute atomic E-state index is 0.0947.